The standard InChI is InChI=1S/C25H40O3/c1-3-4-5-6-7-8-9-10-11-12-13-14-15-16-17-19-22-20-18-21-23(26)24(22)25(27)28-2/h8-9,18,20-21,26H,3-7,10-17,19H2,1-2H3/b9-8+. The maximum absolute atomic E-state index is 11.8. The molecule has 0 atom stereocenters. The van der Waals surface area contributed by atoms with E-state index in [0.717, 1.165) is 24.8 Å². The maximum Gasteiger partial charge on any atom is 0.341 e. The van der Waals surface area contributed by atoms with Gasteiger partial charge in [0.15, 0.2) is 0 Å². The second-order valence-corrected chi connectivity index (χ2v) is 7.64. The van der Waals surface area contributed by atoms with E-state index in [1.807, 2.05) is 6.07 Å². The molecule has 1 aromatic carbocycles. The van der Waals surface area contributed by atoms with Gasteiger partial charge in [-0.2, -0.15) is 0 Å². The number of benzene rings is 1. The van der Waals surface area contributed by atoms with Crippen LogP contribution in [0.4, 0.5) is 0 Å². The van der Waals surface area contributed by atoms with Crippen LogP contribution in [0.3, 0.4) is 0 Å². The molecule has 0 aliphatic carbocycles. The predicted octanol–water partition coefficient (Wildman–Crippen LogP) is 7.37. The first-order valence-corrected chi connectivity index (χ1v) is 11.2. The number of methoxy groups -OCH3 is 1. The largest absolute Gasteiger partial charge is 0.507 e. The van der Waals surface area contributed by atoms with Crippen molar-refractivity contribution in [3.8, 4) is 5.75 Å². The summed E-state index contributed by atoms with van der Waals surface area (Å²) in [4.78, 5) is 11.8. The Labute approximate surface area is 172 Å². The molecule has 0 heterocycles. The van der Waals surface area contributed by atoms with Crippen molar-refractivity contribution < 1.29 is 14.6 Å². The molecule has 0 aliphatic rings. The lowest BCUT2D eigenvalue weighted by atomic mass is 9.99. The number of aryl methyl sites for hydroxylation is 1. The molecule has 0 bridgehead atoms. The van der Waals surface area contributed by atoms with Crippen molar-refractivity contribution in [2.75, 3.05) is 7.11 Å². The minimum Gasteiger partial charge on any atom is -0.507 e. The Morgan fingerprint density at radius 3 is 2.07 bits per heavy atom. The quantitative estimate of drug-likeness (QED) is 0.183. The second kappa shape index (κ2) is 16.2. The fourth-order valence-corrected chi connectivity index (χ4v) is 3.52. The SMILES string of the molecule is CCCCCC/C=C/CCCCCCCCCc1cccc(O)c1C(=O)OC. The van der Waals surface area contributed by atoms with Gasteiger partial charge in [-0.05, 0) is 50.2 Å². The number of unbranched alkanes of at least 4 members (excludes halogenated alkanes) is 11. The summed E-state index contributed by atoms with van der Waals surface area (Å²) in [5.41, 5.74) is 1.21. The second-order valence-electron chi connectivity index (χ2n) is 7.64. The smallest absolute Gasteiger partial charge is 0.341 e. The van der Waals surface area contributed by atoms with Crippen molar-refractivity contribution in [1.29, 1.82) is 0 Å². The highest BCUT2D eigenvalue weighted by molar-refractivity contribution is 5.94. The summed E-state index contributed by atoms with van der Waals surface area (Å²) in [6.07, 6.45) is 22.0. The molecule has 0 spiro atoms. The third-order valence-corrected chi connectivity index (χ3v) is 5.23. The Balaban J connectivity index is 2.04. The van der Waals surface area contributed by atoms with Crippen molar-refractivity contribution >= 4 is 5.97 Å². The summed E-state index contributed by atoms with van der Waals surface area (Å²) < 4.78 is 4.78. The third kappa shape index (κ3) is 10.5. The van der Waals surface area contributed by atoms with E-state index in [1.165, 1.54) is 83.8 Å². The summed E-state index contributed by atoms with van der Waals surface area (Å²) in [6, 6.07) is 5.23. The molecule has 0 fully saturated rings. The fourth-order valence-electron chi connectivity index (χ4n) is 3.52. The number of ether oxygens (including phenoxy) is 1. The zero-order valence-corrected chi connectivity index (χ0v) is 18.0. The number of hydrogen-bond acceptors (Lipinski definition) is 3. The first kappa shape index (κ1) is 24.3. The zero-order valence-electron chi connectivity index (χ0n) is 18.0. The Morgan fingerprint density at radius 1 is 0.893 bits per heavy atom. The van der Waals surface area contributed by atoms with Crippen LogP contribution in [-0.4, -0.2) is 18.2 Å². The molecule has 3 heteroatoms. The van der Waals surface area contributed by atoms with E-state index in [4.69, 9.17) is 4.74 Å². The van der Waals surface area contributed by atoms with Crippen molar-refractivity contribution in [1.82, 2.24) is 0 Å². The number of carbonyl (C=O) groups excluding carboxylic acids is 1. The minimum atomic E-state index is -0.455. The lowest BCUT2D eigenvalue weighted by Gasteiger charge is -2.09. The van der Waals surface area contributed by atoms with E-state index < -0.39 is 5.97 Å². The number of phenols is 1. The van der Waals surface area contributed by atoms with Crippen molar-refractivity contribution in [2.24, 2.45) is 0 Å². The highest BCUT2D eigenvalue weighted by Crippen LogP contribution is 2.24. The molecule has 0 saturated heterocycles. The molecule has 0 amide bonds. The summed E-state index contributed by atoms with van der Waals surface area (Å²) in [5, 5.41) is 9.91. The number of esters is 1. The summed E-state index contributed by atoms with van der Waals surface area (Å²) in [5.74, 6) is -0.442. The molecule has 28 heavy (non-hydrogen) atoms. The van der Waals surface area contributed by atoms with Gasteiger partial charge in [0.2, 0.25) is 0 Å². The van der Waals surface area contributed by atoms with E-state index in [1.54, 1.807) is 6.07 Å². The molecule has 0 aromatic heterocycles. The summed E-state index contributed by atoms with van der Waals surface area (Å²) in [6.45, 7) is 2.26. The van der Waals surface area contributed by atoms with Gasteiger partial charge in [0, 0.05) is 0 Å². The van der Waals surface area contributed by atoms with Crippen LogP contribution in [0.15, 0.2) is 30.4 Å². The molecular formula is C25H40O3. The van der Waals surface area contributed by atoms with Gasteiger partial charge in [0.25, 0.3) is 0 Å². The van der Waals surface area contributed by atoms with Gasteiger partial charge in [-0.1, -0.05) is 82.6 Å². The number of hydrogen-bond donors (Lipinski definition) is 1. The zero-order chi connectivity index (χ0) is 20.5. The average Bonchev–Trinajstić information content (AvgIpc) is 2.70. The van der Waals surface area contributed by atoms with Crippen LogP contribution >= 0.6 is 0 Å². The fraction of sp³-hybridized carbons (Fsp3) is 0.640. The molecule has 1 rings (SSSR count). The van der Waals surface area contributed by atoms with Crippen LogP contribution < -0.4 is 0 Å². The van der Waals surface area contributed by atoms with Crippen LogP contribution in [-0.2, 0) is 11.2 Å². The summed E-state index contributed by atoms with van der Waals surface area (Å²) in [7, 11) is 1.35. The van der Waals surface area contributed by atoms with Gasteiger partial charge in [-0.15, -0.1) is 0 Å². The molecule has 3 nitrogen and oxygen atoms in total. The van der Waals surface area contributed by atoms with Gasteiger partial charge in [-0.25, -0.2) is 4.79 Å². The van der Waals surface area contributed by atoms with Gasteiger partial charge < -0.3 is 9.84 Å². The molecule has 0 saturated carbocycles. The van der Waals surface area contributed by atoms with E-state index in [9.17, 15) is 9.90 Å². The van der Waals surface area contributed by atoms with Gasteiger partial charge in [-0.3, -0.25) is 0 Å². The Hall–Kier alpha value is -1.77. The molecule has 1 N–H and O–H groups in total. The highest BCUT2D eigenvalue weighted by Gasteiger charge is 2.16. The lowest BCUT2D eigenvalue weighted by Crippen LogP contribution is -2.06. The molecule has 0 radical (unpaired) electrons. The summed E-state index contributed by atoms with van der Waals surface area (Å²) >= 11 is 0. The molecule has 0 unspecified atom stereocenters. The monoisotopic (exact) mass is 388 g/mol. The van der Waals surface area contributed by atoms with Crippen LogP contribution in [0.2, 0.25) is 0 Å². The Morgan fingerprint density at radius 2 is 1.46 bits per heavy atom. The van der Waals surface area contributed by atoms with Gasteiger partial charge in [0.1, 0.15) is 11.3 Å². The van der Waals surface area contributed by atoms with Crippen LogP contribution in [0.25, 0.3) is 0 Å². The van der Waals surface area contributed by atoms with E-state index in [-0.39, 0.29) is 5.75 Å². The number of aromatic hydroxyl groups is 1. The van der Waals surface area contributed by atoms with E-state index in [0.29, 0.717) is 5.56 Å². The molecular weight excluding hydrogens is 348 g/mol. The minimum absolute atomic E-state index is 0.0133. The lowest BCUT2D eigenvalue weighted by molar-refractivity contribution is 0.0596. The van der Waals surface area contributed by atoms with Crippen LogP contribution in [0, 0.1) is 0 Å². The number of phenolic OH excluding ortho intramolecular Hbond substituents is 1. The Bertz CT molecular complexity index is 563. The predicted molar refractivity (Wildman–Crippen MR) is 118 cm³/mol. The molecule has 1 aromatic rings. The van der Waals surface area contributed by atoms with E-state index in [2.05, 4.69) is 19.1 Å². The number of rotatable bonds is 16. The number of allylic oxidation sites excluding steroid dienone is 2. The van der Waals surface area contributed by atoms with Gasteiger partial charge >= 0.3 is 5.97 Å². The topological polar surface area (TPSA) is 46.5 Å². The number of carbonyl (C=O) groups is 1. The highest BCUT2D eigenvalue weighted by atomic mass is 16.5. The maximum atomic E-state index is 11.8. The average molecular weight is 389 g/mol. The van der Waals surface area contributed by atoms with Crippen LogP contribution in [0.5, 0.6) is 5.75 Å². The van der Waals surface area contributed by atoms with Crippen molar-refractivity contribution in [2.45, 2.75) is 96.8 Å². The van der Waals surface area contributed by atoms with Crippen molar-refractivity contribution in [3.05, 3.63) is 41.5 Å². The van der Waals surface area contributed by atoms with Crippen LogP contribution in [0.1, 0.15) is 106 Å². The molecule has 158 valence electrons. The third-order valence-electron chi connectivity index (χ3n) is 5.23. The normalized spacial score (nSPS) is 11.2. The Kier molecular flexibility index (Phi) is 14.0. The van der Waals surface area contributed by atoms with Gasteiger partial charge in [0.05, 0.1) is 7.11 Å². The first-order chi connectivity index (χ1) is 13.7. The van der Waals surface area contributed by atoms with Crippen molar-refractivity contribution in [3.63, 3.8) is 0 Å². The van der Waals surface area contributed by atoms with E-state index >= 15 is 0 Å². The molecule has 0 aliphatic heterocycles. The first-order valence-electron chi connectivity index (χ1n) is 11.2.